The quantitative estimate of drug-likeness (QED) is 0.114. The number of benzene rings is 8. The summed E-state index contributed by atoms with van der Waals surface area (Å²) in [5.41, 5.74) is 16.4. The molecule has 1 aliphatic rings. The van der Waals surface area contributed by atoms with E-state index in [4.69, 9.17) is 0 Å². The standard InChI is InChI=1S/C58H52N2/c1-6-42(3)58(7-2,45-30-34-49(35-31-45)59(47-23-13-9-14-24-47)48-25-15-10-16-26-48)46-32-36-50(37-33-46)60(51-27-19-22-44(40-51)43-20-11-8-12-21-43)52-38-39-54-53-28-17-18-29-55(53)57(4,5)56(54)41-52/h7-42H,2,6H2,1,3-5H3. The maximum absolute atomic E-state index is 4.54. The Morgan fingerprint density at radius 1 is 0.467 bits per heavy atom. The van der Waals surface area contributed by atoms with E-state index in [0.29, 0.717) is 5.92 Å². The van der Waals surface area contributed by atoms with Gasteiger partial charge in [0.25, 0.3) is 0 Å². The predicted octanol–water partition coefficient (Wildman–Crippen LogP) is 16.1. The first-order valence-corrected chi connectivity index (χ1v) is 21.3. The molecule has 8 aromatic carbocycles. The molecule has 0 saturated carbocycles. The zero-order valence-corrected chi connectivity index (χ0v) is 35.1. The Morgan fingerprint density at radius 3 is 1.47 bits per heavy atom. The van der Waals surface area contributed by atoms with Crippen LogP contribution in [-0.2, 0) is 10.8 Å². The van der Waals surface area contributed by atoms with Crippen molar-refractivity contribution in [3.63, 3.8) is 0 Å². The van der Waals surface area contributed by atoms with Crippen molar-refractivity contribution in [1.29, 1.82) is 0 Å². The highest BCUT2D eigenvalue weighted by molar-refractivity contribution is 5.86. The lowest BCUT2D eigenvalue weighted by Crippen LogP contribution is -2.32. The average molecular weight is 777 g/mol. The molecule has 8 aromatic rings. The summed E-state index contributed by atoms with van der Waals surface area (Å²) in [4.78, 5) is 4.74. The van der Waals surface area contributed by atoms with Gasteiger partial charge < -0.3 is 9.80 Å². The van der Waals surface area contributed by atoms with Gasteiger partial charge in [0.1, 0.15) is 0 Å². The van der Waals surface area contributed by atoms with Crippen molar-refractivity contribution < 1.29 is 0 Å². The summed E-state index contributed by atoms with van der Waals surface area (Å²) < 4.78 is 0. The number of allylic oxidation sites excluding steroid dienone is 1. The molecule has 0 bridgehead atoms. The van der Waals surface area contributed by atoms with Crippen molar-refractivity contribution >= 4 is 34.1 Å². The molecule has 0 radical (unpaired) electrons. The maximum atomic E-state index is 4.54. The molecule has 0 spiro atoms. The van der Waals surface area contributed by atoms with Crippen LogP contribution in [0.25, 0.3) is 22.3 Å². The van der Waals surface area contributed by atoms with E-state index < -0.39 is 5.41 Å². The van der Waals surface area contributed by atoms with E-state index >= 15 is 0 Å². The third kappa shape index (κ3) is 6.73. The molecule has 0 aliphatic heterocycles. The molecule has 0 amide bonds. The second-order valence-electron chi connectivity index (χ2n) is 16.6. The van der Waals surface area contributed by atoms with Gasteiger partial charge in [-0.25, -0.2) is 0 Å². The van der Waals surface area contributed by atoms with E-state index in [1.807, 2.05) is 0 Å². The molecule has 1 aliphatic carbocycles. The van der Waals surface area contributed by atoms with Crippen LogP contribution in [0.1, 0.15) is 56.4 Å². The number of hydrogen-bond donors (Lipinski definition) is 0. The SMILES string of the molecule is C=CC(c1ccc(N(c2ccccc2)c2ccccc2)cc1)(c1ccc(N(c2cccc(-c3ccccc3)c2)c2ccc3c(c2)C(C)(C)c2ccccc2-3)cc1)C(C)CC. The lowest BCUT2D eigenvalue weighted by atomic mass is 9.65. The summed E-state index contributed by atoms with van der Waals surface area (Å²) in [6.07, 6.45) is 3.18. The highest BCUT2D eigenvalue weighted by Gasteiger charge is 2.38. The third-order valence-corrected chi connectivity index (χ3v) is 13.0. The van der Waals surface area contributed by atoms with Gasteiger partial charge in [0.2, 0.25) is 0 Å². The zero-order valence-electron chi connectivity index (χ0n) is 35.1. The smallest absolute Gasteiger partial charge is 0.0467 e. The Morgan fingerprint density at radius 2 is 0.900 bits per heavy atom. The van der Waals surface area contributed by atoms with Crippen molar-refractivity contribution in [2.45, 2.75) is 44.9 Å². The van der Waals surface area contributed by atoms with Gasteiger partial charge in [-0.1, -0.05) is 174 Å². The van der Waals surface area contributed by atoms with E-state index in [-0.39, 0.29) is 5.41 Å². The molecule has 0 saturated heterocycles. The minimum absolute atomic E-state index is 0.113. The first-order chi connectivity index (χ1) is 29.3. The number of anilines is 6. The summed E-state index contributed by atoms with van der Waals surface area (Å²) in [6.45, 7) is 13.9. The van der Waals surface area contributed by atoms with Gasteiger partial charge in [0, 0.05) is 45.0 Å². The Hall–Kier alpha value is -6.90. The largest absolute Gasteiger partial charge is 0.311 e. The fraction of sp³-hybridized carbons (Fsp3) is 0.138. The van der Waals surface area contributed by atoms with Crippen LogP contribution in [0, 0.1) is 5.92 Å². The van der Waals surface area contributed by atoms with E-state index in [2.05, 4.69) is 256 Å². The summed E-state index contributed by atoms with van der Waals surface area (Å²) in [7, 11) is 0. The molecule has 2 heteroatoms. The summed E-state index contributed by atoms with van der Waals surface area (Å²) in [5.74, 6) is 0.297. The number of para-hydroxylation sites is 2. The molecular formula is C58H52N2. The van der Waals surface area contributed by atoms with Gasteiger partial charge >= 0.3 is 0 Å². The van der Waals surface area contributed by atoms with E-state index in [1.54, 1.807) is 0 Å². The molecule has 0 heterocycles. The topological polar surface area (TPSA) is 6.48 Å². The van der Waals surface area contributed by atoms with Crippen molar-refractivity contribution in [2.24, 2.45) is 5.92 Å². The molecule has 60 heavy (non-hydrogen) atoms. The summed E-state index contributed by atoms with van der Waals surface area (Å²) in [6, 6.07) is 75.1. The highest BCUT2D eigenvalue weighted by atomic mass is 15.1. The predicted molar refractivity (Wildman–Crippen MR) is 256 cm³/mol. The first kappa shape index (κ1) is 38.6. The van der Waals surface area contributed by atoms with E-state index in [0.717, 1.165) is 40.5 Å². The van der Waals surface area contributed by atoms with Crippen LogP contribution in [0.4, 0.5) is 34.1 Å². The molecule has 9 rings (SSSR count). The van der Waals surface area contributed by atoms with Crippen molar-refractivity contribution in [1.82, 2.24) is 0 Å². The molecule has 2 atom stereocenters. The Bertz CT molecular complexity index is 2700. The van der Waals surface area contributed by atoms with Crippen molar-refractivity contribution in [2.75, 3.05) is 9.80 Å². The van der Waals surface area contributed by atoms with E-state index in [1.165, 1.54) is 44.5 Å². The average Bonchev–Trinajstić information content (AvgIpc) is 3.54. The summed E-state index contributed by atoms with van der Waals surface area (Å²) >= 11 is 0. The summed E-state index contributed by atoms with van der Waals surface area (Å²) in [5, 5.41) is 0. The van der Waals surface area contributed by atoms with Crippen LogP contribution in [0.5, 0.6) is 0 Å². The van der Waals surface area contributed by atoms with Gasteiger partial charge in [0.05, 0.1) is 0 Å². The van der Waals surface area contributed by atoms with Crippen LogP contribution in [0.15, 0.2) is 219 Å². The molecule has 0 fully saturated rings. The second kappa shape index (κ2) is 16.0. The Kier molecular flexibility index (Phi) is 10.3. The third-order valence-electron chi connectivity index (χ3n) is 13.0. The van der Waals surface area contributed by atoms with Crippen LogP contribution >= 0.6 is 0 Å². The normalized spacial score (nSPS) is 14.0. The van der Waals surface area contributed by atoms with E-state index in [9.17, 15) is 0 Å². The monoisotopic (exact) mass is 776 g/mol. The van der Waals surface area contributed by atoms with Crippen LogP contribution in [-0.4, -0.2) is 0 Å². The van der Waals surface area contributed by atoms with Gasteiger partial charge in [-0.3, -0.25) is 0 Å². The maximum Gasteiger partial charge on any atom is 0.0467 e. The fourth-order valence-corrected chi connectivity index (χ4v) is 9.60. The lowest BCUT2D eigenvalue weighted by Gasteiger charge is -2.38. The molecular weight excluding hydrogens is 725 g/mol. The number of nitrogens with zero attached hydrogens (tertiary/aromatic N) is 2. The Balaban J connectivity index is 1.14. The number of fused-ring (bicyclic) bond motifs is 3. The van der Waals surface area contributed by atoms with Gasteiger partial charge in [-0.2, -0.15) is 0 Å². The molecule has 294 valence electrons. The highest BCUT2D eigenvalue weighted by Crippen LogP contribution is 2.51. The van der Waals surface area contributed by atoms with Crippen LogP contribution in [0.2, 0.25) is 0 Å². The lowest BCUT2D eigenvalue weighted by molar-refractivity contribution is 0.405. The van der Waals surface area contributed by atoms with Gasteiger partial charge in [0.15, 0.2) is 0 Å². The van der Waals surface area contributed by atoms with Crippen LogP contribution < -0.4 is 9.80 Å². The van der Waals surface area contributed by atoms with Crippen molar-refractivity contribution in [3.8, 4) is 22.3 Å². The number of hydrogen-bond acceptors (Lipinski definition) is 2. The fourth-order valence-electron chi connectivity index (χ4n) is 9.60. The van der Waals surface area contributed by atoms with Crippen molar-refractivity contribution in [3.05, 3.63) is 241 Å². The molecule has 0 N–H and O–H groups in total. The zero-order chi connectivity index (χ0) is 41.3. The minimum atomic E-state index is -0.405. The molecule has 2 nitrogen and oxygen atoms in total. The Labute approximate surface area is 356 Å². The van der Waals surface area contributed by atoms with Crippen LogP contribution in [0.3, 0.4) is 0 Å². The molecule has 2 unspecified atom stereocenters. The second-order valence-corrected chi connectivity index (χ2v) is 16.6. The number of rotatable bonds is 12. The molecule has 0 aromatic heterocycles. The first-order valence-electron chi connectivity index (χ1n) is 21.3. The minimum Gasteiger partial charge on any atom is -0.311 e. The van der Waals surface area contributed by atoms with Gasteiger partial charge in [-0.05, 0) is 123 Å². The van der Waals surface area contributed by atoms with Gasteiger partial charge in [-0.15, -0.1) is 6.58 Å².